The van der Waals surface area contributed by atoms with Crippen LogP contribution in [0.15, 0.2) is 138 Å². The van der Waals surface area contributed by atoms with Crippen LogP contribution in [0.3, 0.4) is 0 Å². The minimum Gasteiger partial charge on any atom is -0.436 e. The van der Waals surface area contributed by atoms with Crippen LogP contribution in [0.25, 0.3) is 83.0 Å². The molecule has 0 aliphatic carbocycles. The second kappa shape index (κ2) is 8.44. The molecule has 0 radical (unpaired) electrons. The molecule has 1 N–H and O–H groups in total. The Morgan fingerprint density at radius 2 is 1.20 bits per heavy atom. The van der Waals surface area contributed by atoms with E-state index in [2.05, 4.69) is 124 Å². The third-order valence-corrected chi connectivity index (χ3v) is 8.20. The van der Waals surface area contributed by atoms with Gasteiger partial charge < -0.3 is 14.0 Å². The third-order valence-electron chi connectivity index (χ3n) is 8.20. The Morgan fingerprint density at radius 3 is 2.02 bits per heavy atom. The highest BCUT2D eigenvalue weighted by Gasteiger charge is 2.17. The zero-order valence-corrected chi connectivity index (χ0v) is 22.0. The van der Waals surface area contributed by atoms with Crippen LogP contribution in [0.4, 0.5) is 0 Å². The van der Waals surface area contributed by atoms with Gasteiger partial charge in [-0.3, -0.25) is 0 Å². The van der Waals surface area contributed by atoms with E-state index in [4.69, 9.17) is 4.42 Å². The number of hydrogen-bond acceptors (Lipinski definition) is 2. The van der Waals surface area contributed by atoms with E-state index in [1.54, 1.807) is 0 Å². The number of aromatic nitrogens is 3. The number of oxazole rings is 1. The van der Waals surface area contributed by atoms with E-state index in [9.17, 15) is 0 Å². The number of para-hydroxylation sites is 4. The minimum absolute atomic E-state index is 0.641. The highest BCUT2D eigenvalue weighted by molar-refractivity contribution is 6.22. The van der Waals surface area contributed by atoms with E-state index in [1.165, 1.54) is 38.1 Å². The minimum atomic E-state index is 0.641. The number of hydrogen-bond donors (Lipinski definition) is 1. The van der Waals surface area contributed by atoms with Gasteiger partial charge in [-0.15, -0.1) is 0 Å². The molecule has 4 nitrogen and oxygen atoms in total. The van der Waals surface area contributed by atoms with Crippen molar-refractivity contribution in [2.45, 2.75) is 0 Å². The van der Waals surface area contributed by atoms with Crippen molar-refractivity contribution in [2.24, 2.45) is 0 Å². The van der Waals surface area contributed by atoms with Gasteiger partial charge in [-0.05, 0) is 59.7 Å². The number of fused-ring (bicyclic) bond motifs is 8. The molecule has 0 aliphatic rings. The summed E-state index contributed by atoms with van der Waals surface area (Å²) in [5, 5.41) is 4.99. The standard InChI is InChI=1S/C37H23N3O/c1-3-9-31-27(7-1)29-21-22-30-28-8-2-5-11-33(28)40(36(30)35(29)38-31)26-19-17-24(18-20-26)23-13-15-25(16-14-23)37-39-32-10-4-6-12-34(32)41-37/h1-22,38H. The summed E-state index contributed by atoms with van der Waals surface area (Å²) < 4.78 is 8.35. The predicted octanol–water partition coefficient (Wildman–Crippen LogP) is 9.89. The van der Waals surface area contributed by atoms with Gasteiger partial charge in [-0.25, -0.2) is 4.98 Å². The van der Waals surface area contributed by atoms with Crippen LogP contribution < -0.4 is 0 Å². The summed E-state index contributed by atoms with van der Waals surface area (Å²) in [6, 6.07) is 46.8. The first-order chi connectivity index (χ1) is 20.3. The number of aromatic amines is 1. The molecule has 0 saturated carbocycles. The lowest BCUT2D eigenvalue weighted by Gasteiger charge is -2.10. The first-order valence-corrected chi connectivity index (χ1v) is 13.8. The zero-order chi connectivity index (χ0) is 26.9. The maximum Gasteiger partial charge on any atom is 0.227 e. The van der Waals surface area contributed by atoms with E-state index in [-0.39, 0.29) is 0 Å². The number of nitrogens with zero attached hydrogens (tertiary/aromatic N) is 2. The lowest BCUT2D eigenvalue weighted by atomic mass is 10.0. The fourth-order valence-corrected chi connectivity index (χ4v) is 6.24. The van der Waals surface area contributed by atoms with E-state index >= 15 is 0 Å². The van der Waals surface area contributed by atoms with Gasteiger partial charge in [0.1, 0.15) is 5.52 Å². The second-order valence-corrected chi connectivity index (χ2v) is 10.5. The van der Waals surface area contributed by atoms with Crippen LogP contribution >= 0.6 is 0 Å². The van der Waals surface area contributed by atoms with Gasteiger partial charge in [0.2, 0.25) is 5.89 Å². The molecule has 0 saturated heterocycles. The lowest BCUT2D eigenvalue weighted by molar-refractivity contribution is 0.620. The Bertz CT molecular complexity index is 2370. The second-order valence-electron chi connectivity index (χ2n) is 10.5. The fraction of sp³-hybridized carbons (Fsp3) is 0. The van der Waals surface area contributed by atoms with Crippen molar-refractivity contribution in [1.82, 2.24) is 14.5 Å². The summed E-state index contributed by atoms with van der Waals surface area (Å²) in [5.74, 6) is 0.641. The number of rotatable bonds is 3. The van der Waals surface area contributed by atoms with E-state index in [0.717, 1.165) is 39.0 Å². The molecule has 6 aromatic carbocycles. The molecule has 0 fully saturated rings. The van der Waals surface area contributed by atoms with Crippen LogP contribution in [-0.4, -0.2) is 14.5 Å². The van der Waals surface area contributed by atoms with Crippen molar-refractivity contribution in [3.8, 4) is 28.3 Å². The van der Waals surface area contributed by atoms with E-state index < -0.39 is 0 Å². The van der Waals surface area contributed by atoms with Gasteiger partial charge in [-0.1, -0.05) is 84.9 Å². The summed E-state index contributed by atoms with van der Waals surface area (Å²) in [7, 11) is 0. The molecule has 0 spiro atoms. The summed E-state index contributed by atoms with van der Waals surface area (Å²) >= 11 is 0. The van der Waals surface area contributed by atoms with Crippen molar-refractivity contribution in [1.29, 1.82) is 0 Å². The quantitative estimate of drug-likeness (QED) is 0.249. The summed E-state index contributed by atoms with van der Waals surface area (Å²) in [6.07, 6.45) is 0. The van der Waals surface area contributed by atoms with Gasteiger partial charge in [-0.2, -0.15) is 0 Å². The van der Waals surface area contributed by atoms with Crippen molar-refractivity contribution in [3.05, 3.63) is 133 Å². The number of nitrogens with one attached hydrogen (secondary N) is 1. The van der Waals surface area contributed by atoms with E-state index in [1.807, 2.05) is 24.3 Å². The molecule has 9 rings (SSSR count). The lowest BCUT2D eigenvalue weighted by Crippen LogP contribution is -1.94. The highest BCUT2D eigenvalue weighted by atomic mass is 16.3. The maximum atomic E-state index is 5.96. The van der Waals surface area contributed by atoms with Crippen LogP contribution in [0, 0.1) is 0 Å². The fourth-order valence-electron chi connectivity index (χ4n) is 6.24. The van der Waals surface area contributed by atoms with Crippen LogP contribution in [0.5, 0.6) is 0 Å². The molecule has 3 heterocycles. The third kappa shape index (κ3) is 3.31. The molecule has 0 bridgehead atoms. The molecule has 41 heavy (non-hydrogen) atoms. The Hall–Kier alpha value is -5.61. The SMILES string of the molecule is c1ccc2oc(-c3ccc(-c4ccc(-n5c6ccccc6c6ccc7c8ccccc8[nH]c7c65)cc4)cc3)nc2c1. The first-order valence-electron chi connectivity index (χ1n) is 13.8. The van der Waals surface area contributed by atoms with E-state index in [0.29, 0.717) is 5.89 Å². The van der Waals surface area contributed by atoms with Gasteiger partial charge in [0.15, 0.2) is 5.58 Å². The Morgan fingerprint density at radius 1 is 0.537 bits per heavy atom. The number of benzene rings is 6. The topological polar surface area (TPSA) is 46.8 Å². The monoisotopic (exact) mass is 525 g/mol. The predicted molar refractivity (Wildman–Crippen MR) is 169 cm³/mol. The van der Waals surface area contributed by atoms with Crippen molar-refractivity contribution in [3.63, 3.8) is 0 Å². The van der Waals surface area contributed by atoms with Gasteiger partial charge in [0.25, 0.3) is 0 Å². The van der Waals surface area contributed by atoms with Crippen molar-refractivity contribution >= 4 is 54.7 Å². The van der Waals surface area contributed by atoms with Crippen molar-refractivity contribution < 1.29 is 4.42 Å². The van der Waals surface area contributed by atoms with Crippen molar-refractivity contribution in [2.75, 3.05) is 0 Å². The smallest absolute Gasteiger partial charge is 0.227 e. The Kier molecular flexibility index (Phi) is 4.58. The largest absolute Gasteiger partial charge is 0.436 e. The first kappa shape index (κ1) is 22.2. The summed E-state index contributed by atoms with van der Waals surface area (Å²) in [6.45, 7) is 0. The average Bonchev–Trinajstić information content (AvgIpc) is 3.73. The molecule has 0 amide bonds. The number of H-pyrrole nitrogens is 1. The molecule has 3 aromatic heterocycles. The molecule has 4 heteroatoms. The molecule has 0 atom stereocenters. The van der Waals surface area contributed by atoms with Crippen LogP contribution in [0.1, 0.15) is 0 Å². The molecule has 9 aromatic rings. The van der Waals surface area contributed by atoms with Gasteiger partial charge in [0, 0.05) is 38.3 Å². The molecule has 0 unspecified atom stereocenters. The average molecular weight is 526 g/mol. The molecule has 192 valence electrons. The van der Waals surface area contributed by atoms with Crippen LogP contribution in [-0.2, 0) is 0 Å². The maximum absolute atomic E-state index is 5.96. The summed E-state index contributed by atoms with van der Waals surface area (Å²) in [4.78, 5) is 8.36. The van der Waals surface area contributed by atoms with Crippen LogP contribution in [0.2, 0.25) is 0 Å². The normalized spacial score (nSPS) is 11.9. The zero-order valence-electron chi connectivity index (χ0n) is 22.0. The molecule has 0 aliphatic heterocycles. The Labute approximate surface area is 235 Å². The summed E-state index contributed by atoms with van der Waals surface area (Å²) in [5.41, 5.74) is 10.8. The van der Waals surface area contributed by atoms with Gasteiger partial charge >= 0.3 is 0 Å². The highest BCUT2D eigenvalue weighted by Crippen LogP contribution is 2.39. The molecular weight excluding hydrogens is 502 g/mol. The molecular formula is C37H23N3O. The Balaban J connectivity index is 1.16. The van der Waals surface area contributed by atoms with Gasteiger partial charge in [0.05, 0.1) is 16.6 Å².